The Morgan fingerprint density at radius 1 is 1.11 bits per heavy atom. The average Bonchev–Trinajstić information content (AvgIpc) is 2.30. The summed E-state index contributed by atoms with van der Waals surface area (Å²) in [6.45, 7) is 11.7. The van der Waals surface area contributed by atoms with E-state index in [-0.39, 0.29) is 10.8 Å². The minimum absolute atomic E-state index is 0.186. The van der Waals surface area contributed by atoms with Gasteiger partial charge in [-0.05, 0) is 37.8 Å². The predicted molar refractivity (Wildman–Crippen MR) is 80.1 cm³/mol. The van der Waals surface area contributed by atoms with Gasteiger partial charge in [0.2, 0.25) is 0 Å². The molecule has 0 aromatic carbocycles. The van der Waals surface area contributed by atoms with E-state index >= 15 is 0 Å². The molecule has 0 fully saturated rings. The molecule has 0 saturated carbocycles. The maximum atomic E-state index is 11.4. The van der Waals surface area contributed by atoms with Crippen LogP contribution in [0.5, 0.6) is 0 Å². The fourth-order valence-corrected chi connectivity index (χ4v) is 2.20. The molecule has 3 nitrogen and oxygen atoms in total. The summed E-state index contributed by atoms with van der Waals surface area (Å²) >= 11 is 3.40. The second-order valence-corrected chi connectivity index (χ2v) is 6.76. The highest BCUT2D eigenvalue weighted by Gasteiger charge is 2.19. The summed E-state index contributed by atoms with van der Waals surface area (Å²) in [7, 11) is 1.43. The summed E-state index contributed by atoms with van der Waals surface area (Å²) in [5, 5.41) is 0. The van der Waals surface area contributed by atoms with Crippen LogP contribution in [0.25, 0.3) is 0 Å². The van der Waals surface area contributed by atoms with Crippen molar-refractivity contribution >= 4 is 21.9 Å². The van der Waals surface area contributed by atoms with Gasteiger partial charge >= 0.3 is 5.97 Å². The van der Waals surface area contributed by atoms with Crippen molar-refractivity contribution in [1.29, 1.82) is 0 Å². The number of nitrogens with zero attached hydrogens (tertiary/aromatic N) is 1. The standard InChI is InChI=1S/C14H28BrNO2/c1-11(2)6-8-16(9-7-12(3)4)10-13(15)14(17)18-5/h11-13H,6-10H2,1-5H3. The summed E-state index contributed by atoms with van der Waals surface area (Å²) in [4.78, 5) is 13.6. The molecule has 0 bridgehead atoms. The first-order valence-electron chi connectivity index (χ1n) is 6.81. The fourth-order valence-electron chi connectivity index (χ4n) is 1.61. The van der Waals surface area contributed by atoms with Gasteiger partial charge in [-0.1, -0.05) is 43.6 Å². The van der Waals surface area contributed by atoms with Gasteiger partial charge < -0.3 is 9.64 Å². The number of alkyl halides is 1. The van der Waals surface area contributed by atoms with Gasteiger partial charge in [0.25, 0.3) is 0 Å². The van der Waals surface area contributed by atoms with Crippen LogP contribution in [-0.2, 0) is 9.53 Å². The van der Waals surface area contributed by atoms with Crippen molar-refractivity contribution < 1.29 is 9.53 Å². The topological polar surface area (TPSA) is 29.5 Å². The van der Waals surface area contributed by atoms with Gasteiger partial charge in [0.1, 0.15) is 4.83 Å². The van der Waals surface area contributed by atoms with Crippen LogP contribution in [0.2, 0.25) is 0 Å². The summed E-state index contributed by atoms with van der Waals surface area (Å²) < 4.78 is 4.75. The Morgan fingerprint density at radius 3 is 1.89 bits per heavy atom. The second-order valence-electron chi connectivity index (χ2n) is 5.66. The van der Waals surface area contributed by atoms with E-state index < -0.39 is 0 Å². The molecule has 0 aliphatic heterocycles. The Bertz CT molecular complexity index is 220. The molecule has 1 unspecified atom stereocenters. The van der Waals surface area contributed by atoms with Crippen molar-refractivity contribution in [3.8, 4) is 0 Å². The molecule has 108 valence electrons. The monoisotopic (exact) mass is 321 g/mol. The zero-order valence-corrected chi connectivity index (χ0v) is 14.0. The number of hydrogen-bond donors (Lipinski definition) is 0. The lowest BCUT2D eigenvalue weighted by Crippen LogP contribution is -2.36. The molecule has 0 saturated heterocycles. The van der Waals surface area contributed by atoms with Crippen LogP contribution < -0.4 is 0 Å². The molecule has 4 heteroatoms. The van der Waals surface area contributed by atoms with E-state index in [1.165, 1.54) is 20.0 Å². The third kappa shape index (κ3) is 8.92. The highest BCUT2D eigenvalue weighted by molar-refractivity contribution is 9.10. The first kappa shape index (κ1) is 17.9. The molecule has 0 aromatic rings. The first-order valence-corrected chi connectivity index (χ1v) is 7.72. The molecule has 0 N–H and O–H groups in total. The molecule has 0 heterocycles. The zero-order chi connectivity index (χ0) is 14.1. The van der Waals surface area contributed by atoms with Gasteiger partial charge in [-0.3, -0.25) is 4.79 Å². The molecule has 0 aliphatic carbocycles. The Kier molecular flexibility index (Phi) is 9.74. The second kappa shape index (κ2) is 9.79. The molecule has 0 aromatic heterocycles. The van der Waals surface area contributed by atoms with Gasteiger partial charge in [-0.15, -0.1) is 0 Å². The van der Waals surface area contributed by atoms with Crippen LogP contribution in [0.4, 0.5) is 0 Å². The number of halogens is 1. The van der Waals surface area contributed by atoms with Crippen LogP contribution in [0, 0.1) is 11.8 Å². The van der Waals surface area contributed by atoms with Gasteiger partial charge in [-0.25, -0.2) is 0 Å². The molecular formula is C14H28BrNO2. The Morgan fingerprint density at radius 2 is 1.56 bits per heavy atom. The van der Waals surface area contributed by atoms with Gasteiger partial charge in [0.05, 0.1) is 7.11 Å². The minimum atomic E-state index is -0.221. The lowest BCUT2D eigenvalue weighted by molar-refractivity contribution is -0.140. The summed E-state index contributed by atoms with van der Waals surface area (Å²) in [5.41, 5.74) is 0. The van der Waals surface area contributed by atoms with Crippen LogP contribution in [0.3, 0.4) is 0 Å². The smallest absolute Gasteiger partial charge is 0.320 e. The molecule has 0 radical (unpaired) electrons. The van der Waals surface area contributed by atoms with E-state index in [1.54, 1.807) is 0 Å². The summed E-state index contributed by atoms with van der Waals surface area (Å²) in [6.07, 6.45) is 2.33. The van der Waals surface area contributed by atoms with E-state index in [0.29, 0.717) is 11.8 Å². The van der Waals surface area contributed by atoms with Crippen LogP contribution >= 0.6 is 15.9 Å². The summed E-state index contributed by atoms with van der Waals surface area (Å²) in [6, 6.07) is 0. The average molecular weight is 322 g/mol. The number of carbonyl (C=O) groups excluding carboxylic acids is 1. The number of carbonyl (C=O) groups is 1. The quantitative estimate of drug-likeness (QED) is 0.482. The van der Waals surface area contributed by atoms with Crippen molar-refractivity contribution in [2.45, 2.75) is 45.4 Å². The van der Waals surface area contributed by atoms with Gasteiger partial charge in [0.15, 0.2) is 0 Å². The number of hydrogen-bond acceptors (Lipinski definition) is 3. The van der Waals surface area contributed by atoms with Crippen LogP contribution in [-0.4, -0.2) is 42.4 Å². The van der Waals surface area contributed by atoms with E-state index in [4.69, 9.17) is 4.74 Å². The SMILES string of the molecule is COC(=O)C(Br)CN(CCC(C)C)CCC(C)C. The normalized spacial score (nSPS) is 13.4. The molecule has 0 amide bonds. The lowest BCUT2D eigenvalue weighted by Gasteiger charge is -2.25. The molecule has 0 spiro atoms. The largest absolute Gasteiger partial charge is 0.468 e. The van der Waals surface area contributed by atoms with Crippen LogP contribution in [0.15, 0.2) is 0 Å². The van der Waals surface area contributed by atoms with E-state index in [2.05, 4.69) is 48.5 Å². The van der Waals surface area contributed by atoms with E-state index in [1.807, 2.05) is 0 Å². The van der Waals surface area contributed by atoms with Crippen molar-refractivity contribution in [3.63, 3.8) is 0 Å². The molecule has 0 aliphatic rings. The van der Waals surface area contributed by atoms with Crippen molar-refractivity contribution in [3.05, 3.63) is 0 Å². The third-order valence-corrected chi connectivity index (χ3v) is 3.58. The first-order chi connectivity index (χ1) is 8.36. The number of rotatable bonds is 9. The van der Waals surface area contributed by atoms with Crippen LogP contribution in [0.1, 0.15) is 40.5 Å². The Hall–Kier alpha value is -0.0900. The van der Waals surface area contributed by atoms with E-state index in [0.717, 1.165) is 19.6 Å². The summed E-state index contributed by atoms with van der Waals surface area (Å²) in [5.74, 6) is 1.20. The Labute approximate surface area is 120 Å². The molecular weight excluding hydrogens is 294 g/mol. The maximum absolute atomic E-state index is 11.4. The number of esters is 1. The number of methoxy groups -OCH3 is 1. The van der Waals surface area contributed by atoms with Gasteiger partial charge in [0, 0.05) is 6.54 Å². The highest BCUT2D eigenvalue weighted by Crippen LogP contribution is 2.11. The Balaban J connectivity index is 4.22. The predicted octanol–water partition coefficient (Wildman–Crippen LogP) is 3.32. The van der Waals surface area contributed by atoms with Gasteiger partial charge in [-0.2, -0.15) is 0 Å². The minimum Gasteiger partial charge on any atom is -0.468 e. The zero-order valence-electron chi connectivity index (χ0n) is 12.4. The molecule has 0 rings (SSSR count). The van der Waals surface area contributed by atoms with Crippen molar-refractivity contribution in [1.82, 2.24) is 4.90 Å². The highest BCUT2D eigenvalue weighted by atomic mass is 79.9. The number of ether oxygens (including phenoxy) is 1. The van der Waals surface area contributed by atoms with E-state index in [9.17, 15) is 4.79 Å². The van der Waals surface area contributed by atoms with Crippen molar-refractivity contribution in [2.24, 2.45) is 11.8 Å². The van der Waals surface area contributed by atoms with Crippen molar-refractivity contribution in [2.75, 3.05) is 26.7 Å². The fraction of sp³-hybridized carbons (Fsp3) is 0.929. The third-order valence-electron chi connectivity index (χ3n) is 2.92. The molecule has 1 atom stereocenters. The maximum Gasteiger partial charge on any atom is 0.320 e. The lowest BCUT2D eigenvalue weighted by atomic mass is 10.1. The molecule has 18 heavy (non-hydrogen) atoms.